The van der Waals surface area contributed by atoms with Gasteiger partial charge >= 0.3 is 17.8 Å². The standard InChI is InChI=1S/C33H52N6O7Si/c1-23(46-47(10,11)32(5,6)7)22-44-25-14-12-24(13-15-25)39-17-16-26(35-29(39)42)34-28(41)38-20-18-37(19-21-38)27(40)33(8,9)36-30(43)45-31(2,3)4/h12-17,23H,18-22H2,1-11H3,(H,36,43)(H,34,35,41,42). The molecule has 13 nitrogen and oxygen atoms in total. The molecule has 1 saturated heterocycles. The Balaban J connectivity index is 1.52. The molecule has 2 heterocycles. The maximum absolute atomic E-state index is 13.1. The predicted octanol–water partition coefficient (Wildman–Crippen LogP) is 5.00. The Morgan fingerprint density at radius 3 is 2.02 bits per heavy atom. The number of carbonyl (C=O) groups is 3. The Labute approximate surface area is 279 Å². The molecule has 0 radical (unpaired) electrons. The molecule has 1 aliphatic rings. The molecule has 3 rings (SSSR count). The summed E-state index contributed by atoms with van der Waals surface area (Å²) in [5.41, 5.74) is -1.83. The fraction of sp³-hybridized carbons (Fsp3) is 0.606. The predicted molar refractivity (Wildman–Crippen MR) is 184 cm³/mol. The Morgan fingerprint density at radius 1 is 0.915 bits per heavy atom. The molecule has 1 aromatic carbocycles. The van der Waals surface area contributed by atoms with E-state index in [9.17, 15) is 19.2 Å². The number of benzene rings is 1. The number of aromatic nitrogens is 2. The highest BCUT2D eigenvalue weighted by atomic mass is 28.4. The topological polar surface area (TPSA) is 144 Å². The molecule has 4 amide bonds. The number of ether oxygens (including phenoxy) is 2. The molecule has 1 aliphatic heterocycles. The summed E-state index contributed by atoms with van der Waals surface area (Å²) in [6, 6.07) is 8.23. The average molecular weight is 673 g/mol. The van der Waals surface area contributed by atoms with Crippen LogP contribution in [0.2, 0.25) is 18.1 Å². The summed E-state index contributed by atoms with van der Waals surface area (Å²) in [4.78, 5) is 58.3. The summed E-state index contributed by atoms with van der Waals surface area (Å²) in [6.45, 7) is 23.0. The molecule has 1 aromatic heterocycles. The van der Waals surface area contributed by atoms with E-state index in [1.54, 1.807) is 80.9 Å². The van der Waals surface area contributed by atoms with Gasteiger partial charge < -0.3 is 29.0 Å². The van der Waals surface area contributed by atoms with Crippen LogP contribution >= 0.6 is 0 Å². The Hall–Kier alpha value is -3.91. The zero-order valence-electron chi connectivity index (χ0n) is 29.7. The van der Waals surface area contributed by atoms with Gasteiger partial charge in [0.25, 0.3) is 0 Å². The number of hydrogen-bond donors (Lipinski definition) is 2. The van der Waals surface area contributed by atoms with Crippen molar-refractivity contribution in [3.63, 3.8) is 0 Å². The molecule has 0 bridgehead atoms. The molecule has 47 heavy (non-hydrogen) atoms. The van der Waals surface area contributed by atoms with E-state index < -0.39 is 37.3 Å². The van der Waals surface area contributed by atoms with Gasteiger partial charge in [-0.2, -0.15) is 4.98 Å². The van der Waals surface area contributed by atoms with E-state index in [0.717, 1.165) is 0 Å². The molecule has 14 heteroatoms. The third-order valence-electron chi connectivity index (χ3n) is 8.14. The van der Waals surface area contributed by atoms with E-state index in [0.29, 0.717) is 18.0 Å². The molecule has 0 spiro atoms. The van der Waals surface area contributed by atoms with Crippen molar-refractivity contribution in [3.05, 3.63) is 47.0 Å². The van der Waals surface area contributed by atoms with Crippen LogP contribution in [0, 0.1) is 0 Å². The van der Waals surface area contributed by atoms with E-state index in [1.807, 2.05) is 6.92 Å². The fourth-order valence-electron chi connectivity index (χ4n) is 4.61. The Bertz CT molecular complexity index is 1470. The van der Waals surface area contributed by atoms with Gasteiger partial charge in [0.2, 0.25) is 5.91 Å². The van der Waals surface area contributed by atoms with Crippen LogP contribution in [-0.4, -0.2) is 95.7 Å². The number of urea groups is 1. The summed E-state index contributed by atoms with van der Waals surface area (Å²) < 4.78 is 18.9. The molecular weight excluding hydrogens is 620 g/mol. The second-order valence-electron chi connectivity index (χ2n) is 14.9. The number of alkyl carbamates (subject to hydrolysis) is 1. The van der Waals surface area contributed by atoms with Crippen LogP contribution in [0.5, 0.6) is 5.75 Å². The second kappa shape index (κ2) is 14.5. The van der Waals surface area contributed by atoms with Gasteiger partial charge in [-0.25, -0.2) is 14.4 Å². The lowest BCUT2D eigenvalue weighted by molar-refractivity contribution is -0.138. The number of anilines is 1. The largest absolute Gasteiger partial charge is 0.491 e. The van der Waals surface area contributed by atoms with Crippen molar-refractivity contribution in [2.45, 2.75) is 97.7 Å². The van der Waals surface area contributed by atoms with E-state index in [1.165, 1.54) is 4.57 Å². The quantitative estimate of drug-likeness (QED) is 0.354. The summed E-state index contributed by atoms with van der Waals surface area (Å²) in [5.74, 6) is 0.501. The van der Waals surface area contributed by atoms with E-state index in [-0.39, 0.29) is 49.0 Å². The minimum atomic E-state index is -1.90. The van der Waals surface area contributed by atoms with Crippen LogP contribution in [0.25, 0.3) is 5.69 Å². The number of piperazine rings is 1. The summed E-state index contributed by atoms with van der Waals surface area (Å²) >= 11 is 0. The van der Waals surface area contributed by atoms with Crippen LogP contribution in [-0.2, 0) is 14.0 Å². The van der Waals surface area contributed by atoms with Crippen LogP contribution in [0.15, 0.2) is 41.3 Å². The van der Waals surface area contributed by atoms with Gasteiger partial charge in [-0.3, -0.25) is 14.7 Å². The van der Waals surface area contributed by atoms with Gasteiger partial charge in [0.05, 0.1) is 11.8 Å². The molecule has 0 aliphatic carbocycles. The normalized spacial score (nSPS) is 15.1. The highest BCUT2D eigenvalue weighted by Crippen LogP contribution is 2.37. The van der Waals surface area contributed by atoms with Crippen LogP contribution < -0.4 is 21.1 Å². The SMILES string of the molecule is CC(COc1ccc(-n2ccc(NC(=O)N3CCN(C(=O)C(C)(C)NC(=O)OC(C)(C)C)CC3)nc2=O)cc1)O[Si](C)(C)C(C)(C)C. The zero-order valence-corrected chi connectivity index (χ0v) is 30.7. The molecule has 260 valence electrons. The van der Waals surface area contributed by atoms with Gasteiger partial charge in [0, 0.05) is 32.4 Å². The Kier molecular flexibility index (Phi) is 11.6. The molecule has 2 N–H and O–H groups in total. The van der Waals surface area contributed by atoms with E-state index in [4.69, 9.17) is 13.9 Å². The number of hydrogen-bond acceptors (Lipinski definition) is 8. The minimum Gasteiger partial charge on any atom is -0.491 e. The van der Waals surface area contributed by atoms with Crippen LogP contribution in [0.3, 0.4) is 0 Å². The lowest BCUT2D eigenvalue weighted by Gasteiger charge is -2.38. The second-order valence-corrected chi connectivity index (χ2v) is 19.7. The minimum absolute atomic E-state index is 0.0585. The van der Waals surface area contributed by atoms with Gasteiger partial charge in [-0.15, -0.1) is 0 Å². The summed E-state index contributed by atoms with van der Waals surface area (Å²) in [5, 5.41) is 5.41. The monoisotopic (exact) mass is 672 g/mol. The molecule has 1 atom stereocenters. The first kappa shape index (κ1) is 37.5. The molecule has 1 fully saturated rings. The van der Waals surface area contributed by atoms with Crippen molar-refractivity contribution in [2.24, 2.45) is 0 Å². The van der Waals surface area contributed by atoms with Crippen LogP contribution in [0.1, 0.15) is 62.3 Å². The number of carbonyl (C=O) groups excluding carboxylic acids is 3. The molecule has 0 saturated carbocycles. The summed E-state index contributed by atoms with van der Waals surface area (Å²) in [7, 11) is -1.90. The van der Waals surface area contributed by atoms with Gasteiger partial charge in [-0.1, -0.05) is 20.8 Å². The van der Waals surface area contributed by atoms with Crippen molar-refractivity contribution in [1.29, 1.82) is 0 Å². The maximum atomic E-state index is 13.1. The van der Waals surface area contributed by atoms with Crippen molar-refractivity contribution in [1.82, 2.24) is 24.7 Å². The first-order chi connectivity index (χ1) is 21.6. The summed E-state index contributed by atoms with van der Waals surface area (Å²) in [6.07, 6.45) is 0.811. The van der Waals surface area contributed by atoms with Gasteiger partial charge in [0.15, 0.2) is 8.32 Å². The smallest absolute Gasteiger partial charge is 0.408 e. The van der Waals surface area contributed by atoms with Crippen molar-refractivity contribution >= 4 is 32.2 Å². The molecule has 2 aromatic rings. The van der Waals surface area contributed by atoms with Crippen LogP contribution in [0.4, 0.5) is 15.4 Å². The molecular formula is C33H52N6O7Si. The van der Waals surface area contributed by atoms with E-state index in [2.05, 4.69) is 49.5 Å². The fourth-order valence-corrected chi connectivity index (χ4v) is 6.04. The Morgan fingerprint density at radius 2 is 1.49 bits per heavy atom. The zero-order chi connectivity index (χ0) is 35.4. The average Bonchev–Trinajstić information content (AvgIpc) is 2.94. The lowest BCUT2D eigenvalue weighted by atomic mass is 10.0. The van der Waals surface area contributed by atoms with Gasteiger partial charge in [0.1, 0.15) is 29.3 Å². The maximum Gasteiger partial charge on any atom is 0.408 e. The van der Waals surface area contributed by atoms with Crippen molar-refractivity contribution < 1.29 is 28.3 Å². The first-order valence-corrected chi connectivity index (χ1v) is 18.9. The third kappa shape index (κ3) is 10.5. The lowest BCUT2D eigenvalue weighted by Crippen LogP contribution is -2.60. The molecule has 1 unspecified atom stereocenters. The highest BCUT2D eigenvalue weighted by molar-refractivity contribution is 6.74. The van der Waals surface area contributed by atoms with Crippen molar-refractivity contribution in [2.75, 3.05) is 38.1 Å². The number of amides is 4. The number of nitrogens with one attached hydrogen (secondary N) is 2. The van der Waals surface area contributed by atoms with Crippen molar-refractivity contribution in [3.8, 4) is 11.4 Å². The highest BCUT2D eigenvalue weighted by Gasteiger charge is 2.39. The van der Waals surface area contributed by atoms with E-state index >= 15 is 0 Å². The number of nitrogens with zero attached hydrogens (tertiary/aromatic N) is 4. The first-order valence-electron chi connectivity index (χ1n) is 16.0. The van der Waals surface area contributed by atoms with Gasteiger partial charge in [-0.05, 0) is 90.0 Å². The third-order valence-corrected chi connectivity index (χ3v) is 12.7. The number of rotatable bonds is 9.